The largest absolute Gasteiger partial charge is 0.373 e. The number of rotatable bonds is 4. The first-order valence-electron chi connectivity index (χ1n) is 13.8. The second-order valence-electron chi connectivity index (χ2n) is 13.8. The summed E-state index contributed by atoms with van der Waals surface area (Å²) in [4.78, 5) is 0. The van der Waals surface area contributed by atoms with Crippen molar-refractivity contribution in [2.24, 2.45) is 71.0 Å². The van der Waals surface area contributed by atoms with Gasteiger partial charge in [0.1, 0.15) is 0 Å². The zero-order valence-electron chi connectivity index (χ0n) is 22.2. The smallest absolute Gasteiger partial charge is 0.156 e. The Kier molecular flexibility index (Phi) is 6.14. The van der Waals surface area contributed by atoms with Gasteiger partial charge in [-0.3, -0.25) is 0 Å². The van der Waals surface area contributed by atoms with Gasteiger partial charge in [-0.05, 0) is 65.6 Å². The number of sulfone groups is 2. The molecule has 196 valence electrons. The van der Waals surface area contributed by atoms with Crippen LogP contribution in [0.4, 0.5) is 0 Å². The number of fused-ring (bicyclic) bond motifs is 2. The SMILES string of the molecule is CC(C)C1C2CS(=O)(=O)C3C2CC1C3C(C)C.CC(C)C1C2CS(=O)(=O)C3C2OC1C3C(C)C. The second-order valence-corrected chi connectivity index (χ2v) is 18.2. The van der Waals surface area contributed by atoms with E-state index in [0.717, 1.165) is 0 Å². The summed E-state index contributed by atoms with van der Waals surface area (Å²) in [6.07, 6.45) is 1.39. The molecule has 6 rings (SSSR count). The maximum atomic E-state index is 12.4. The van der Waals surface area contributed by atoms with Crippen LogP contribution in [0.1, 0.15) is 61.8 Å². The molecule has 0 aromatic heterocycles. The van der Waals surface area contributed by atoms with Gasteiger partial charge in [-0.15, -0.1) is 0 Å². The van der Waals surface area contributed by atoms with E-state index in [-0.39, 0.29) is 34.5 Å². The molecular formula is C27H46O5S2. The Hall–Kier alpha value is -0.140. The maximum absolute atomic E-state index is 12.4. The van der Waals surface area contributed by atoms with E-state index in [1.54, 1.807) is 0 Å². The minimum Gasteiger partial charge on any atom is -0.373 e. The molecule has 12 unspecified atom stereocenters. The molecule has 5 nitrogen and oxygen atoms in total. The Morgan fingerprint density at radius 1 is 0.529 bits per heavy atom. The van der Waals surface area contributed by atoms with Gasteiger partial charge < -0.3 is 4.74 Å². The molecule has 6 fully saturated rings. The first kappa shape index (κ1) is 25.5. The van der Waals surface area contributed by atoms with E-state index in [0.29, 0.717) is 70.7 Å². The Labute approximate surface area is 208 Å². The predicted molar refractivity (Wildman–Crippen MR) is 136 cm³/mol. The summed E-state index contributed by atoms with van der Waals surface area (Å²) in [6, 6.07) is 0. The van der Waals surface area contributed by atoms with E-state index < -0.39 is 19.7 Å². The molecule has 0 aromatic rings. The average molecular weight is 515 g/mol. The molecule has 4 aliphatic heterocycles. The van der Waals surface area contributed by atoms with E-state index in [2.05, 4.69) is 55.4 Å². The first-order chi connectivity index (χ1) is 15.7. The van der Waals surface area contributed by atoms with Gasteiger partial charge in [-0.2, -0.15) is 0 Å². The van der Waals surface area contributed by atoms with Crippen molar-refractivity contribution >= 4 is 19.7 Å². The summed E-state index contributed by atoms with van der Waals surface area (Å²) >= 11 is 0. The van der Waals surface area contributed by atoms with Crippen LogP contribution in [0.2, 0.25) is 0 Å². The van der Waals surface area contributed by atoms with Gasteiger partial charge >= 0.3 is 0 Å². The molecule has 0 spiro atoms. The van der Waals surface area contributed by atoms with Crippen LogP contribution >= 0.6 is 0 Å². The Bertz CT molecular complexity index is 932. The Balaban J connectivity index is 0.000000142. The maximum Gasteiger partial charge on any atom is 0.156 e. The molecule has 34 heavy (non-hydrogen) atoms. The molecule has 2 saturated carbocycles. The molecule has 0 radical (unpaired) electrons. The van der Waals surface area contributed by atoms with Crippen LogP contribution in [0.5, 0.6) is 0 Å². The summed E-state index contributed by atoms with van der Waals surface area (Å²) in [5, 5.41) is -0.181. The van der Waals surface area contributed by atoms with Gasteiger partial charge in [0.05, 0.1) is 34.2 Å². The molecule has 0 aromatic carbocycles. The van der Waals surface area contributed by atoms with Crippen LogP contribution < -0.4 is 0 Å². The lowest BCUT2D eigenvalue weighted by molar-refractivity contribution is 0.0562. The topological polar surface area (TPSA) is 77.5 Å². The molecule has 7 heteroatoms. The fraction of sp³-hybridized carbons (Fsp3) is 1.00. The molecular weight excluding hydrogens is 468 g/mol. The van der Waals surface area contributed by atoms with E-state index in [1.807, 2.05) is 0 Å². The zero-order chi connectivity index (χ0) is 25.1. The lowest BCUT2D eigenvalue weighted by Crippen LogP contribution is -2.43. The molecule has 4 saturated heterocycles. The normalized spacial score (nSPS) is 50.7. The van der Waals surface area contributed by atoms with Crippen molar-refractivity contribution in [2.45, 2.75) is 84.5 Å². The first-order valence-corrected chi connectivity index (χ1v) is 17.2. The molecule has 12 atom stereocenters. The minimum absolute atomic E-state index is 0.00444. The fourth-order valence-corrected chi connectivity index (χ4v) is 16.0. The van der Waals surface area contributed by atoms with E-state index in [1.165, 1.54) is 6.42 Å². The van der Waals surface area contributed by atoms with E-state index >= 15 is 0 Å². The van der Waals surface area contributed by atoms with Gasteiger partial charge in [0.15, 0.2) is 19.7 Å². The van der Waals surface area contributed by atoms with Crippen molar-refractivity contribution in [1.29, 1.82) is 0 Å². The average Bonchev–Trinajstić information content (AvgIpc) is 3.45. The van der Waals surface area contributed by atoms with Crippen molar-refractivity contribution in [3.05, 3.63) is 0 Å². The Morgan fingerprint density at radius 3 is 1.56 bits per heavy atom. The summed E-state index contributed by atoms with van der Waals surface area (Å²) in [6.45, 7) is 17.7. The van der Waals surface area contributed by atoms with Crippen molar-refractivity contribution in [1.82, 2.24) is 0 Å². The van der Waals surface area contributed by atoms with E-state index in [4.69, 9.17) is 4.74 Å². The molecule has 2 aliphatic carbocycles. The van der Waals surface area contributed by atoms with Crippen molar-refractivity contribution in [2.75, 3.05) is 11.5 Å². The van der Waals surface area contributed by atoms with E-state index in [9.17, 15) is 16.8 Å². The highest BCUT2D eigenvalue weighted by molar-refractivity contribution is 7.92. The molecule has 0 amide bonds. The molecule has 6 aliphatic rings. The number of hydrogen-bond acceptors (Lipinski definition) is 5. The summed E-state index contributed by atoms with van der Waals surface area (Å²) in [5.41, 5.74) is 0. The van der Waals surface area contributed by atoms with Crippen LogP contribution in [-0.2, 0) is 24.4 Å². The third kappa shape index (κ3) is 3.44. The van der Waals surface area contributed by atoms with Crippen molar-refractivity contribution in [3.8, 4) is 0 Å². The molecule has 4 heterocycles. The highest BCUT2D eigenvalue weighted by Gasteiger charge is 2.69. The summed E-state index contributed by atoms with van der Waals surface area (Å²) in [5.74, 6) is 6.66. The summed E-state index contributed by atoms with van der Waals surface area (Å²) in [7, 11) is -5.71. The minimum atomic E-state index is -2.92. The fourth-order valence-electron chi connectivity index (χ4n) is 10.1. The molecule has 0 N–H and O–H groups in total. The monoisotopic (exact) mass is 514 g/mol. The predicted octanol–water partition coefficient (Wildman–Crippen LogP) is 4.32. The highest BCUT2D eigenvalue weighted by atomic mass is 32.2. The highest BCUT2D eigenvalue weighted by Crippen LogP contribution is 2.65. The van der Waals surface area contributed by atoms with Crippen LogP contribution in [0.15, 0.2) is 0 Å². The van der Waals surface area contributed by atoms with Gasteiger partial charge in [0.25, 0.3) is 0 Å². The zero-order valence-corrected chi connectivity index (χ0v) is 23.8. The third-order valence-electron chi connectivity index (χ3n) is 10.8. The van der Waals surface area contributed by atoms with Crippen molar-refractivity contribution in [3.63, 3.8) is 0 Å². The van der Waals surface area contributed by atoms with Gasteiger partial charge in [0, 0.05) is 11.8 Å². The summed E-state index contributed by atoms with van der Waals surface area (Å²) < 4.78 is 55.4. The standard InChI is InChI=1S/C14H24O2S.C13H22O3S/c1-7(2)12-10-5-9-11(12)6-17(15,16)14(9)13(10)8(3)4;1-6(2)9-8-5-17(14,15)13-10(7(3)4)12(9)16-11(8)13/h7-14H,5-6H2,1-4H3;6-13H,5H2,1-4H3. The molecule has 4 bridgehead atoms. The van der Waals surface area contributed by atoms with Crippen LogP contribution in [0.3, 0.4) is 0 Å². The third-order valence-corrected chi connectivity index (χ3v) is 15.4. The second kappa shape index (κ2) is 8.18. The van der Waals surface area contributed by atoms with Gasteiger partial charge in [0.2, 0.25) is 0 Å². The van der Waals surface area contributed by atoms with Crippen LogP contribution in [0, 0.1) is 71.0 Å². The number of ether oxygens (including phenoxy) is 1. The quantitative estimate of drug-likeness (QED) is 0.558. The van der Waals surface area contributed by atoms with Crippen LogP contribution in [0.25, 0.3) is 0 Å². The lowest BCUT2D eigenvalue weighted by atomic mass is 9.67. The van der Waals surface area contributed by atoms with Crippen LogP contribution in [-0.4, -0.2) is 51.0 Å². The Morgan fingerprint density at radius 2 is 1.03 bits per heavy atom. The van der Waals surface area contributed by atoms with Gasteiger partial charge in [-0.25, -0.2) is 16.8 Å². The number of hydrogen-bond donors (Lipinski definition) is 0. The van der Waals surface area contributed by atoms with Gasteiger partial charge in [-0.1, -0.05) is 55.4 Å². The lowest BCUT2D eigenvalue weighted by Gasteiger charge is -2.38. The van der Waals surface area contributed by atoms with Crippen molar-refractivity contribution < 1.29 is 21.6 Å².